The molecule has 1 heterocycles. The zero-order valence-corrected chi connectivity index (χ0v) is 12.8. The predicted molar refractivity (Wildman–Crippen MR) is 86.9 cm³/mol. The van der Waals surface area contributed by atoms with Crippen LogP contribution in [0.4, 0.5) is 5.69 Å². The Kier molecular flexibility index (Phi) is 4.20. The highest BCUT2D eigenvalue weighted by Gasteiger charge is 2.34. The Bertz CT molecular complexity index is 478. The molecule has 1 aromatic rings. The van der Waals surface area contributed by atoms with E-state index in [2.05, 4.69) is 5.32 Å². The molecule has 4 heteroatoms. The number of aliphatic imine (C=N–C) groups is 1. The summed E-state index contributed by atoms with van der Waals surface area (Å²) in [4.78, 5) is 4.78. The fourth-order valence-corrected chi connectivity index (χ4v) is 4.20. The van der Waals surface area contributed by atoms with Gasteiger partial charge in [-0.2, -0.15) is 0 Å². The highest BCUT2D eigenvalue weighted by atomic mass is 32.2. The smallest absolute Gasteiger partial charge is 0.161 e. The molecule has 3 rings (SSSR count). The lowest BCUT2D eigenvalue weighted by atomic mass is 9.75. The van der Waals surface area contributed by atoms with Crippen LogP contribution < -0.4 is 10.1 Å². The van der Waals surface area contributed by atoms with E-state index in [4.69, 9.17) is 9.73 Å². The van der Waals surface area contributed by atoms with Gasteiger partial charge in [0, 0.05) is 18.0 Å². The summed E-state index contributed by atoms with van der Waals surface area (Å²) in [7, 11) is 1.69. The standard InChI is InChI=1S/C16H22N2OS/c1-19-14-7-5-13(6-8-14)18-15-17-11-16(12-20-15)9-3-2-4-10-16/h5-8H,2-4,9-12H2,1H3,(H,17,18). The summed E-state index contributed by atoms with van der Waals surface area (Å²) in [6.45, 7) is 0.999. The number of anilines is 1. The number of methoxy groups -OCH3 is 1. The Hall–Kier alpha value is -1.16. The number of hydrogen-bond acceptors (Lipinski definition) is 4. The quantitative estimate of drug-likeness (QED) is 0.888. The minimum Gasteiger partial charge on any atom is -0.497 e. The van der Waals surface area contributed by atoms with E-state index >= 15 is 0 Å². The van der Waals surface area contributed by atoms with Crippen molar-refractivity contribution in [2.24, 2.45) is 10.4 Å². The van der Waals surface area contributed by atoms with Gasteiger partial charge in [-0.1, -0.05) is 31.0 Å². The molecule has 1 spiro atoms. The second kappa shape index (κ2) is 6.08. The maximum absolute atomic E-state index is 5.17. The van der Waals surface area contributed by atoms with Gasteiger partial charge in [0.1, 0.15) is 5.75 Å². The fraction of sp³-hybridized carbons (Fsp3) is 0.562. The van der Waals surface area contributed by atoms with Gasteiger partial charge >= 0.3 is 0 Å². The van der Waals surface area contributed by atoms with E-state index < -0.39 is 0 Å². The van der Waals surface area contributed by atoms with Crippen molar-refractivity contribution in [1.82, 2.24) is 0 Å². The number of benzene rings is 1. The van der Waals surface area contributed by atoms with Crippen LogP contribution >= 0.6 is 11.8 Å². The Balaban J connectivity index is 1.61. The monoisotopic (exact) mass is 290 g/mol. The average Bonchev–Trinajstić information content (AvgIpc) is 2.52. The molecule has 1 aliphatic carbocycles. The maximum atomic E-state index is 5.17. The third kappa shape index (κ3) is 3.11. The zero-order chi connectivity index (χ0) is 13.8. The predicted octanol–water partition coefficient (Wildman–Crippen LogP) is 4.16. The molecular weight excluding hydrogens is 268 g/mol. The van der Waals surface area contributed by atoms with Crippen molar-refractivity contribution in [2.75, 3.05) is 24.7 Å². The van der Waals surface area contributed by atoms with Gasteiger partial charge in [-0.3, -0.25) is 4.99 Å². The molecule has 0 bridgehead atoms. The average molecular weight is 290 g/mol. The van der Waals surface area contributed by atoms with Crippen molar-refractivity contribution >= 4 is 22.6 Å². The SMILES string of the molecule is COc1ccc(NC2=NCC3(CCCCC3)CS2)cc1. The van der Waals surface area contributed by atoms with Crippen molar-refractivity contribution < 1.29 is 4.74 Å². The van der Waals surface area contributed by atoms with Gasteiger partial charge in [0.05, 0.1) is 7.11 Å². The molecule has 0 radical (unpaired) electrons. The molecule has 20 heavy (non-hydrogen) atoms. The van der Waals surface area contributed by atoms with Gasteiger partial charge in [0.15, 0.2) is 5.17 Å². The molecule has 0 aromatic heterocycles. The molecule has 108 valence electrons. The van der Waals surface area contributed by atoms with Crippen LogP contribution in [-0.2, 0) is 0 Å². The summed E-state index contributed by atoms with van der Waals surface area (Å²) in [5.74, 6) is 2.10. The van der Waals surface area contributed by atoms with Gasteiger partial charge in [-0.25, -0.2) is 0 Å². The fourth-order valence-electron chi connectivity index (χ4n) is 3.03. The van der Waals surface area contributed by atoms with Gasteiger partial charge in [-0.15, -0.1) is 0 Å². The Labute approximate surface area is 125 Å². The summed E-state index contributed by atoms with van der Waals surface area (Å²) in [6.07, 6.45) is 6.90. The van der Waals surface area contributed by atoms with Crippen LogP contribution in [0.15, 0.2) is 29.3 Å². The number of ether oxygens (including phenoxy) is 1. The van der Waals surface area contributed by atoms with E-state index in [0.29, 0.717) is 5.41 Å². The molecular formula is C16H22N2OS. The molecule has 1 N–H and O–H groups in total. The van der Waals surface area contributed by atoms with Crippen LogP contribution in [0.5, 0.6) is 5.75 Å². The van der Waals surface area contributed by atoms with E-state index in [1.165, 1.54) is 37.9 Å². The van der Waals surface area contributed by atoms with Crippen LogP contribution in [0.3, 0.4) is 0 Å². The lowest BCUT2D eigenvalue weighted by molar-refractivity contribution is 0.232. The van der Waals surface area contributed by atoms with Crippen molar-refractivity contribution in [3.8, 4) is 5.75 Å². The minimum atomic E-state index is 0.494. The number of nitrogens with zero attached hydrogens (tertiary/aromatic N) is 1. The summed E-state index contributed by atoms with van der Waals surface area (Å²) in [5.41, 5.74) is 1.57. The number of thioether (sulfide) groups is 1. The topological polar surface area (TPSA) is 33.6 Å². The molecule has 0 atom stereocenters. The molecule has 1 saturated carbocycles. The highest BCUT2D eigenvalue weighted by Crippen LogP contribution is 2.41. The number of amidine groups is 1. The third-order valence-corrected chi connectivity index (χ3v) is 5.59. The molecule has 3 nitrogen and oxygen atoms in total. The summed E-state index contributed by atoms with van der Waals surface area (Å²) in [5, 5.41) is 4.47. The Morgan fingerprint density at radius 3 is 2.50 bits per heavy atom. The second-order valence-electron chi connectivity index (χ2n) is 5.82. The van der Waals surface area contributed by atoms with Crippen LogP contribution in [-0.4, -0.2) is 24.6 Å². The molecule has 1 fully saturated rings. The first-order valence-electron chi connectivity index (χ1n) is 7.38. The van der Waals surface area contributed by atoms with Gasteiger partial charge in [-0.05, 0) is 42.5 Å². The largest absolute Gasteiger partial charge is 0.497 e. The molecule has 1 aromatic carbocycles. The first-order valence-corrected chi connectivity index (χ1v) is 8.37. The van der Waals surface area contributed by atoms with Crippen LogP contribution in [0, 0.1) is 5.41 Å². The van der Waals surface area contributed by atoms with Crippen molar-refractivity contribution in [3.05, 3.63) is 24.3 Å². The van der Waals surface area contributed by atoms with Gasteiger partial charge < -0.3 is 10.1 Å². The first-order chi connectivity index (χ1) is 9.80. The van der Waals surface area contributed by atoms with E-state index in [9.17, 15) is 0 Å². The second-order valence-corrected chi connectivity index (χ2v) is 6.79. The molecule has 0 unspecified atom stereocenters. The van der Waals surface area contributed by atoms with E-state index in [1.54, 1.807) is 7.11 Å². The minimum absolute atomic E-state index is 0.494. The van der Waals surface area contributed by atoms with Crippen LogP contribution in [0.25, 0.3) is 0 Å². The van der Waals surface area contributed by atoms with E-state index in [1.807, 2.05) is 36.0 Å². The molecule has 2 aliphatic rings. The normalized spacial score (nSPS) is 21.4. The van der Waals surface area contributed by atoms with E-state index in [-0.39, 0.29) is 0 Å². The summed E-state index contributed by atoms with van der Waals surface area (Å²) >= 11 is 1.88. The van der Waals surface area contributed by atoms with Crippen molar-refractivity contribution in [3.63, 3.8) is 0 Å². The number of rotatable bonds is 2. The third-order valence-electron chi connectivity index (χ3n) is 4.33. The Morgan fingerprint density at radius 1 is 1.15 bits per heavy atom. The zero-order valence-electron chi connectivity index (χ0n) is 12.0. The van der Waals surface area contributed by atoms with E-state index in [0.717, 1.165) is 23.1 Å². The lowest BCUT2D eigenvalue weighted by Crippen LogP contribution is -2.35. The van der Waals surface area contributed by atoms with Crippen LogP contribution in [0.2, 0.25) is 0 Å². The van der Waals surface area contributed by atoms with Crippen molar-refractivity contribution in [1.29, 1.82) is 0 Å². The summed E-state index contributed by atoms with van der Waals surface area (Å²) in [6, 6.07) is 8.01. The number of nitrogens with one attached hydrogen (secondary N) is 1. The molecule has 1 aliphatic heterocycles. The first kappa shape index (κ1) is 13.8. The summed E-state index contributed by atoms with van der Waals surface area (Å²) < 4.78 is 5.17. The Morgan fingerprint density at radius 2 is 1.90 bits per heavy atom. The van der Waals surface area contributed by atoms with Gasteiger partial charge in [0.25, 0.3) is 0 Å². The maximum Gasteiger partial charge on any atom is 0.161 e. The molecule has 0 saturated heterocycles. The van der Waals surface area contributed by atoms with Crippen LogP contribution in [0.1, 0.15) is 32.1 Å². The lowest BCUT2D eigenvalue weighted by Gasteiger charge is -2.38. The van der Waals surface area contributed by atoms with Crippen molar-refractivity contribution in [2.45, 2.75) is 32.1 Å². The highest BCUT2D eigenvalue weighted by molar-refractivity contribution is 8.14. The molecule has 0 amide bonds. The number of hydrogen-bond donors (Lipinski definition) is 1. The van der Waals surface area contributed by atoms with Gasteiger partial charge in [0.2, 0.25) is 0 Å².